The van der Waals surface area contributed by atoms with Crippen LogP contribution >= 0.6 is 0 Å². The lowest BCUT2D eigenvalue weighted by molar-refractivity contribution is -0.156. The zero-order valence-corrected chi connectivity index (χ0v) is 29.7. The lowest BCUT2D eigenvalue weighted by Crippen LogP contribution is -2.50. The molecular weight excluding hydrogens is 570 g/mol. The molecule has 10 nitrogen and oxygen atoms in total. The van der Waals surface area contributed by atoms with Gasteiger partial charge in [-0.1, -0.05) is 71.9 Å². The van der Waals surface area contributed by atoms with E-state index in [0.29, 0.717) is 19.6 Å². The van der Waals surface area contributed by atoms with E-state index in [1.165, 1.54) is 0 Å². The summed E-state index contributed by atoms with van der Waals surface area (Å²) in [5.41, 5.74) is 0.690. The Kier molecular flexibility index (Phi) is 15.7. The number of β-amino-alcohol motifs (C(OH)–C–C–N with tert-alkyl or cyclic N) is 1. The van der Waals surface area contributed by atoms with Crippen molar-refractivity contribution in [1.82, 2.24) is 24.9 Å². The van der Waals surface area contributed by atoms with Gasteiger partial charge in [-0.05, 0) is 37.2 Å². The maximum absolute atomic E-state index is 12.9. The largest absolute Gasteiger partial charge is 0.459 e. The van der Waals surface area contributed by atoms with E-state index in [0.717, 1.165) is 57.9 Å². The number of aliphatic hydroxyl groups is 1. The Morgan fingerprint density at radius 3 is 1.69 bits per heavy atom. The zero-order chi connectivity index (χ0) is 33.7. The maximum Gasteiger partial charge on any atom is 0.407 e. The van der Waals surface area contributed by atoms with E-state index in [2.05, 4.69) is 66.5 Å². The third-order valence-corrected chi connectivity index (χ3v) is 7.26. The van der Waals surface area contributed by atoms with E-state index in [-0.39, 0.29) is 36.5 Å². The van der Waals surface area contributed by atoms with Crippen molar-refractivity contribution in [3.05, 3.63) is 35.9 Å². The fourth-order valence-corrected chi connectivity index (χ4v) is 5.47. The fraction of sp³-hybridized carbons (Fsp3) is 0.771. The molecule has 0 radical (unpaired) electrons. The molecule has 1 fully saturated rings. The number of nitrogens with one attached hydrogen (secondary N) is 1. The minimum atomic E-state index is -0.764. The normalized spacial score (nSPS) is 18.4. The Hall–Kier alpha value is -2.24. The average Bonchev–Trinajstić information content (AvgIpc) is 2.90. The summed E-state index contributed by atoms with van der Waals surface area (Å²) >= 11 is 0. The molecule has 2 N–H and O–H groups in total. The highest BCUT2D eigenvalue weighted by Gasteiger charge is 2.25. The molecule has 0 aliphatic carbocycles. The van der Waals surface area contributed by atoms with Gasteiger partial charge in [-0.25, -0.2) is 4.79 Å². The number of nitrogens with zero attached hydrogens (tertiary/aromatic N) is 4. The predicted molar refractivity (Wildman–Crippen MR) is 181 cm³/mol. The van der Waals surface area contributed by atoms with E-state index < -0.39 is 17.8 Å². The molecule has 10 heteroatoms. The van der Waals surface area contributed by atoms with Crippen LogP contribution in [0.25, 0.3) is 0 Å². The monoisotopic (exact) mass is 633 g/mol. The topological polar surface area (TPSA) is 97.8 Å². The van der Waals surface area contributed by atoms with Crippen LogP contribution in [0.3, 0.4) is 0 Å². The van der Waals surface area contributed by atoms with Crippen molar-refractivity contribution in [2.45, 2.75) is 80.6 Å². The second kappa shape index (κ2) is 18.2. The number of hydrogen-bond acceptors (Lipinski definition) is 9. The summed E-state index contributed by atoms with van der Waals surface area (Å²) in [6.45, 7) is 28.7. The first-order chi connectivity index (χ1) is 20.9. The Morgan fingerprint density at radius 2 is 1.22 bits per heavy atom. The van der Waals surface area contributed by atoms with Crippen LogP contribution in [0.15, 0.2) is 30.3 Å². The van der Waals surface area contributed by atoms with Gasteiger partial charge in [0.2, 0.25) is 0 Å². The first kappa shape index (κ1) is 38.9. The smallest absolute Gasteiger partial charge is 0.407 e. The Bertz CT molecular complexity index is 1000. The van der Waals surface area contributed by atoms with E-state index >= 15 is 0 Å². The molecule has 1 aromatic carbocycles. The molecule has 258 valence electrons. The van der Waals surface area contributed by atoms with Crippen LogP contribution in [0.4, 0.5) is 4.79 Å². The molecule has 0 spiro atoms. The molecule has 1 aromatic rings. The number of carbonyl (C=O) groups is 2. The molecule has 0 bridgehead atoms. The van der Waals surface area contributed by atoms with Gasteiger partial charge in [0.15, 0.2) is 0 Å². The maximum atomic E-state index is 12.9. The molecule has 2 rings (SSSR count). The molecule has 1 saturated heterocycles. The number of benzene rings is 1. The van der Waals surface area contributed by atoms with Crippen LogP contribution < -0.4 is 5.32 Å². The summed E-state index contributed by atoms with van der Waals surface area (Å²) in [6, 6.07) is 9.51. The lowest BCUT2D eigenvalue weighted by atomic mass is 9.95. The van der Waals surface area contributed by atoms with Gasteiger partial charge in [-0.3, -0.25) is 14.6 Å². The molecule has 1 amide bonds. The summed E-state index contributed by atoms with van der Waals surface area (Å²) in [4.78, 5) is 34.6. The molecular formula is C35H63N5O5. The van der Waals surface area contributed by atoms with E-state index in [9.17, 15) is 14.7 Å². The summed E-state index contributed by atoms with van der Waals surface area (Å²) < 4.78 is 11.0. The van der Waals surface area contributed by atoms with E-state index in [4.69, 9.17) is 9.47 Å². The van der Waals surface area contributed by atoms with Crippen LogP contribution in [0.1, 0.15) is 67.9 Å². The molecule has 1 heterocycles. The Labute approximate surface area is 273 Å². The highest BCUT2D eigenvalue weighted by atomic mass is 16.6. The number of esters is 1. The third-order valence-electron chi connectivity index (χ3n) is 7.26. The summed E-state index contributed by atoms with van der Waals surface area (Å²) in [6.07, 6.45) is -1.31. The van der Waals surface area contributed by atoms with E-state index in [1.54, 1.807) is 0 Å². The standard InChI is InChI=1S/C35H63N5O5/c1-33(2,3)27-39-19-17-37(24-30(41)23-36-32(43)44-26-29-13-11-10-12-14-29)15-16-38(25-31(42)45-35(7,8)9)18-20-40(22-21-39)28-34(4,5)6/h10-14,30,41H,15-28H2,1-9H3,(H,36,43). The average molecular weight is 634 g/mol. The first-order valence-electron chi connectivity index (χ1n) is 16.6. The number of carbonyl (C=O) groups excluding carboxylic acids is 2. The number of hydrogen-bond donors (Lipinski definition) is 2. The van der Waals surface area contributed by atoms with Gasteiger partial charge >= 0.3 is 12.1 Å². The van der Waals surface area contributed by atoms with Crippen molar-refractivity contribution in [2.24, 2.45) is 10.8 Å². The summed E-state index contributed by atoms with van der Waals surface area (Å²) in [5, 5.41) is 13.6. The van der Waals surface area contributed by atoms with Gasteiger partial charge in [0, 0.05) is 78.5 Å². The number of alkyl carbamates (subject to hydrolysis) is 1. The van der Waals surface area contributed by atoms with Gasteiger partial charge < -0.3 is 29.7 Å². The van der Waals surface area contributed by atoms with Crippen molar-refractivity contribution in [3.63, 3.8) is 0 Å². The minimum Gasteiger partial charge on any atom is -0.459 e. The van der Waals surface area contributed by atoms with Crippen LogP contribution in [-0.2, 0) is 20.9 Å². The van der Waals surface area contributed by atoms with Crippen LogP contribution in [0.2, 0.25) is 0 Å². The van der Waals surface area contributed by atoms with Crippen molar-refractivity contribution < 1.29 is 24.2 Å². The SMILES string of the molecule is CC(C)(C)CN1CCN(CC(=O)OC(C)(C)C)CCN(CC(O)CNC(=O)OCc2ccccc2)CCN(CC(C)(C)C)CC1. The van der Waals surface area contributed by atoms with Crippen molar-refractivity contribution >= 4 is 12.1 Å². The lowest BCUT2D eigenvalue weighted by Gasteiger charge is -2.38. The van der Waals surface area contributed by atoms with Crippen LogP contribution in [-0.4, -0.2) is 134 Å². The number of aliphatic hydroxyl groups excluding tert-OH is 1. The zero-order valence-electron chi connectivity index (χ0n) is 29.7. The molecule has 45 heavy (non-hydrogen) atoms. The van der Waals surface area contributed by atoms with Gasteiger partial charge in [-0.2, -0.15) is 0 Å². The second-order valence-corrected chi connectivity index (χ2v) is 15.9. The molecule has 1 aliphatic rings. The quantitative estimate of drug-likeness (QED) is 0.372. The van der Waals surface area contributed by atoms with Crippen LogP contribution in [0.5, 0.6) is 0 Å². The number of rotatable bonds is 10. The molecule has 0 saturated carbocycles. The summed E-state index contributed by atoms with van der Waals surface area (Å²) in [5.74, 6) is -0.224. The van der Waals surface area contributed by atoms with E-state index in [1.807, 2.05) is 51.1 Å². The van der Waals surface area contributed by atoms with Gasteiger partial charge in [0.05, 0.1) is 12.6 Å². The van der Waals surface area contributed by atoms with Gasteiger partial charge in [0.1, 0.15) is 12.2 Å². The minimum absolute atomic E-state index is 0.0964. The summed E-state index contributed by atoms with van der Waals surface area (Å²) in [7, 11) is 0. The van der Waals surface area contributed by atoms with Crippen molar-refractivity contribution in [1.29, 1.82) is 0 Å². The van der Waals surface area contributed by atoms with Crippen LogP contribution in [0, 0.1) is 10.8 Å². The van der Waals surface area contributed by atoms with Gasteiger partial charge in [0.25, 0.3) is 0 Å². The second-order valence-electron chi connectivity index (χ2n) is 15.9. The van der Waals surface area contributed by atoms with Gasteiger partial charge in [-0.15, -0.1) is 0 Å². The first-order valence-corrected chi connectivity index (χ1v) is 16.6. The predicted octanol–water partition coefficient (Wildman–Crippen LogP) is 3.93. The van der Waals surface area contributed by atoms with Crippen molar-refractivity contribution in [2.75, 3.05) is 85.1 Å². The molecule has 1 aliphatic heterocycles. The Balaban J connectivity index is 2.10. The highest BCUT2D eigenvalue weighted by molar-refractivity contribution is 5.72. The third kappa shape index (κ3) is 19.1. The molecule has 1 atom stereocenters. The number of amides is 1. The van der Waals surface area contributed by atoms with Crippen molar-refractivity contribution in [3.8, 4) is 0 Å². The molecule has 1 unspecified atom stereocenters. The Morgan fingerprint density at radius 1 is 0.756 bits per heavy atom. The number of ether oxygens (including phenoxy) is 2. The molecule has 0 aromatic heterocycles. The highest BCUT2D eigenvalue weighted by Crippen LogP contribution is 2.18. The fourth-order valence-electron chi connectivity index (χ4n) is 5.47.